The maximum atomic E-state index is 9.09. The molecule has 1 aromatic rings. The number of aliphatic hydroxyl groups excluding tert-OH is 1. The van der Waals surface area contributed by atoms with Crippen molar-refractivity contribution < 1.29 is 9.84 Å². The van der Waals surface area contributed by atoms with Crippen LogP contribution in [0, 0.1) is 0 Å². The largest absolute Gasteiger partial charge is 0.496 e. The van der Waals surface area contributed by atoms with Crippen molar-refractivity contribution in [2.45, 2.75) is 25.9 Å². The molecule has 3 nitrogen and oxygen atoms in total. The molecule has 0 aliphatic rings. The van der Waals surface area contributed by atoms with Crippen LogP contribution in [0.5, 0.6) is 5.75 Å². The van der Waals surface area contributed by atoms with Gasteiger partial charge >= 0.3 is 0 Å². The molecule has 1 rings (SSSR count). The molecule has 0 heterocycles. The van der Waals surface area contributed by atoms with Crippen LogP contribution in [-0.4, -0.2) is 31.4 Å². The van der Waals surface area contributed by atoms with E-state index in [0.717, 1.165) is 31.7 Å². The van der Waals surface area contributed by atoms with E-state index in [1.807, 2.05) is 25.1 Å². The van der Waals surface area contributed by atoms with E-state index in [0.29, 0.717) is 0 Å². The third-order valence-corrected chi connectivity index (χ3v) is 2.50. The normalized spacial score (nSPS) is 12.4. The van der Waals surface area contributed by atoms with Crippen LogP contribution < -0.4 is 10.1 Å². The van der Waals surface area contributed by atoms with Crippen LogP contribution in [0.15, 0.2) is 24.3 Å². The maximum Gasteiger partial charge on any atom is 0.122 e. The molecule has 0 saturated carbocycles. The van der Waals surface area contributed by atoms with Crippen LogP contribution in [0.25, 0.3) is 0 Å². The lowest BCUT2D eigenvalue weighted by molar-refractivity contribution is 0.184. The highest BCUT2D eigenvalue weighted by Crippen LogP contribution is 2.17. The first-order chi connectivity index (χ1) is 7.74. The van der Waals surface area contributed by atoms with Gasteiger partial charge in [-0.05, 0) is 44.5 Å². The van der Waals surface area contributed by atoms with Crippen molar-refractivity contribution in [1.29, 1.82) is 0 Å². The number of ether oxygens (including phenoxy) is 1. The fraction of sp³-hybridized carbons (Fsp3) is 0.538. The summed E-state index contributed by atoms with van der Waals surface area (Å²) in [5.41, 5.74) is 1.22. The van der Waals surface area contributed by atoms with Gasteiger partial charge in [0.15, 0.2) is 0 Å². The molecule has 0 amide bonds. The molecule has 0 aliphatic heterocycles. The monoisotopic (exact) mass is 223 g/mol. The van der Waals surface area contributed by atoms with Crippen molar-refractivity contribution in [3.05, 3.63) is 29.8 Å². The zero-order valence-corrected chi connectivity index (χ0v) is 10.1. The summed E-state index contributed by atoms with van der Waals surface area (Å²) in [6.07, 6.45) is 1.52. The van der Waals surface area contributed by atoms with E-state index in [2.05, 4.69) is 11.4 Å². The minimum Gasteiger partial charge on any atom is -0.496 e. The van der Waals surface area contributed by atoms with Gasteiger partial charge in [0.2, 0.25) is 0 Å². The maximum absolute atomic E-state index is 9.09. The zero-order chi connectivity index (χ0) is 11.8. The summed E-state index contributed by atoms with van der Waals surface area (Å²) >= 11 is 0. The Morgan fingerprint density at radius 3 is 2.75 bits per heavy atom. The highest BCUT2D eigenvalue weighted by atomic mass is 16.5. The van der Waals surface area contributed by atoms with Crippen LogP contribution in [0.3, 0.4) is 0 Å². The molecule has 0 saturated heterocycles. The number of nitrogens with one attached hydrogen (secondary N) is 1. The van der Waals surface area contributed by atoms with Crippen molar-refractivity contribution >= 4 is 0 Å². The second kappa shape index (κ2) is 7.25. The molecule has 0 aromatic heterocycles. The molecule has 16 heavy (non-hydrogen) atoms. The van der Waals surface area contributed by atoms with E-state index in [-0.39, 0.29) is 6.10 Å². The van der Waals surface area contributed by atoms with Crippen LogP contribution in [0.4, 0.5) is 0 Å². The number of hydrogen-bond donors (Lipinski definition) is 2. The van der Waals surface area contributed by atoms with Gasteiger partial charge in [0.1, 0.15) is 5.75 Å². The molecule has 0 radical (unpaired) electrons. The van der Waals surface area contributed by atoms with Crippen molar-refractivity contribution in [2.75, 3.05) is 20.2 Å². The molecule has 90 valence electrons. The Morgan fingerprint density at radius 2 is 2.06 bits per heavy atom. The predicted molar refractivity (Wildman–Crippen MR) is 65.9 cm³/mol. The highest BCUT2D eigenvalue weighted by Gasteiger charge is 2.00. The fourth-order valence-corrected chi connectivity index (χ4v) is 1.57. The van der Waals surface area contributed by atoms with E-state index in [1.165, 1.54) is 5.56 Å². The lowest BCUT2D eigenvalue weighted by Gasteiger charge is -2.09. The van der Waals surface area contributed by atoms with Crippen LogP contribution in [-0.2, 0) is 6.42 Å². The Balaban J connectivity index is 2.26. The minimum atomic E-state index is -0.223. The molecule has 0 bridgehead atoms. The van der Waals surface area contributed by atoms with Crippen LogP contribution in [0.1, 0.15) is 18.9 Å². The van der Waals surface area contributed by atoms with Crippen molar-refractivity contribution in [3.63, 3.8) is 0 Å². The second-order valence-corrected chi connectivity index (χ2v) is 3.95. The van der Waals surface area contributed by atoms with Crippen molar-refractivity contribution in [3.8, 4) is 5.75 Å². The third kappa shape index (κ3) is 4.64. The quantitative estimate of drug-likeness (QED) is 0.690. The first kappa shape index (κ1) is 13.0. The molecule has 3 heteroatoms. The first-order valence-corrected chi connectivity index (χ1v) is 5.74. The average molecular weight is 223 g/mol. The Bertz CT molecular complexity index is 300. The lowest BCUT2D eigenvalue weighted by atomic mass is 10.1. The molecule has 0 aliphatic carbocycles. The molecule has 1 aromatic carbocycles. The number of methoxy groups -OCH3 is 1. The summed E-state index contributed by atoms with van der Waals surface area (Å²) in [4.78, 5) is 0. The predicted octanol–water partition coefficient (Wildman–Crippen LogP) is 1.60. The Hall–Kier alpha value is -1.06. The smallest absolute Gasteiger partial charge is 0.122 e. The fourth-order valence-electron chi connectivity index (χ4n) is 1.57. The lowest BCUT2D eigenvalue weighted by Crippen LogP contribution is -2.21. The molecular weight excluding hydrogens is 202 g/mol. The minimum absolute atomic E-state index is 0.223. The third-order valence-electron chi connectivity index (χ3n) is 2.50. The van der Waals surface area contributed by atoms with Crippen molar-refractivity contribution in [2.24, 2.45) is 0 Å². The van der Waals surface area contributed by atoms with Gasteiger partial charge < -0.3 is 15.2 Å². The standard InChI is InChI=1S/C13H21NO2/c1-11(15)7-9-14-10-8-12-5-3-4-6-13(12)16-2/h3-6,11,14-15H,7-10H2,1-2H3. The summed E-state index contributed by atoms with van der Waals surface area (Å²) in [5.74, 6) is 0.944. The van der Waals surface area contributed by atoms with E-state index >= 15 is 0 Å². The highest BCUT2D eigenvalue weighted by molar-refractivity contribution is 5.33. The van der Waals surface area contributed by atoms with Gasteiger partial charge in [-0.15, -0.1) is 0 Å². The number of hydrogen-bond acceptors (Lipinski definition) is 3. The van der Waals surface area contributed by atoms with Gasteiger partial charge in [0.05, 0.1) is 13.2 Å². The molecule has 1 atom stereocenters. The summed E-state index contributed by atoms with van der Waals surface area (Å²) < 4.78 is 5.27. The SMILES string of the molecule is COc1ccccc1CCNCCC(C)O. The molecule has 0 spiro atoms. The molecule has 0 fully saturated rings. The summed E-state index contributed by atoms with van der Waals surface area (Å²) in [7, 11) is 1.69. The summed E-state index contributed by atoms with van der Waals surface area (Å²) in [6.45, 7) is 3.57. The molecule has 1 unspecified atom stereocenters. The van der Waals surface area contributed by atoms with Gasteiger partial charge in [-0.25, -0.2) is 0 Å². The number of para-hydroxylation sites is 1. The zero-order valence-electron chi connectivity index (χ0n) is 10.1. The Labute approximate surface area is 97.4 Å². The van der Waals surface area contributed by atoms with Gasteiger partial charge in [0.25, 0.3) is 0 Å². The van der Waals surface area contributed by atoms with Crippen LogP contribution in [0.2, 0.25) is 0 Å². The van der Waals surface area contributed by atoms with E-state index in [1.54, 1.807) is 7.11 Å². The average Bonchev–Trinajstić information content (AvgIpc) is 2.29. The summed E-state index contributed by atoms with van der Waals surface area (Å²) in [5, 5.41) is 12.4. The van der Waals surface area contributed by atoms with E-state index < -0.39 is 0 Å². The number of rotatable bonds is 7. The van der Waals surface area contributed by atoms with E-state index in [4.69, 9.17) is 9.84 Å². The Morgan fingerprint density at radius 1 is 1.31 bits per heavy atom. The van der Waals surface area contributed by atoms with Gasteiger partial charge in [0, 0.05) is 0 Å². The Kier molecular flexibility index (Phi) is 5.90. The number of benzene rings is 1. The van der Waals surface area contributed by atoms with Crippen LogP contribution >= 0.6 is 0 Å². The molecular formula is C13H21NO2. The number of aliphatic hydroxyl groups is 1. The summed E-state index contributed by atoms with van der Waals surface area (Å²) in [6, 6.07) is 8.05. The van der Waals surface area contributed by atoms with Gasteiger partial charge in [-0.2, -0.15) is 0 Å². The molecule has 2 N–H and O–H groups in total. The van der Waals surface area contributed by atoms with E-state index in [9.17, 15) is 0 Å². The topological polar surface area (TPSA) is 41.5 Å². The van der Waals surface area contributed by atoms with Gasteiger partial charge in [-0.3, -0.25) is 0 Å². The van der Waals surface area contributed by atoms with Crippen molar-refractivity contribution in [1.82, 2.24) is 5.32 Å². The first-order valence-electron chi connectivity index (χ1n) is 5.74. The second-order valence-electron chi connectivity index (χ2n) is 3.95. The van der Waals surface area contributed by atoms with Gasteiger partial charge in [-0.1, -0.05) is 18.2 Å².